The number of hydrogen-bond acceptors (Lipinski definition) is 1. The van der Waals surface area contributed by atoms with Gasteiger partial charge < -0.3 is 0 Å². The zero-order chi connectivity index (χ0) is 6.81. The standard InChI is InChI=1S/C9H11N.ClH/c1-2-6-9-8(4-1)5-3-7-10-9;/h3,5,7H,1-2,4,6H2;1H. The number of aromatic nitrogens is 1. The number of hydrogen-bond donors (Lipinski definition) is 0. The summed E-state index contributed by atoms with van der Waals surface area (Å²) < 4.78 is 0. The Labute approximate surface area is 73.3 Å². The Morgan fingerprint density at radius 2 is 2.00 bits per heavy atom. The van der Waals surface area contributed by atoms with E-state index in [2.05, 4.69) is 11.1 Å². The first-order valence-electron chi connectivity index (χ1n) is 3.89. The van der Waals surface area contributed by atoms with Crippen molar-refractivity contribution in [2.75, 3.05) is 0 Å². The molecule has 1 heterocycles. The summed E-state index contributed by atoms with van der Waals surface area (Å²) in [5.74, 6) is 0. The van der Waals surface area contributed by atoms with Gasteiger partial charge in [0.05, 0.1) is 0 Å². The average molecular weight is 170 g/mol. The normalized spacial score (nSPS) is 14.9. The maximum Gasteiger partial charge on any atom is 0.0435 e. The van der Waals surface area contributed by atoms with Crippen molar-refractivity contribution in [2.24, 2.45) is 0 Å². The highest BCUT2D eigenvalue weighted by atomic mass is 35.5. The van der Waals surface area contributed by atoms with Gasteiger partial charge in [-0.2, -0.15) is 0 Å². The van der Waals surface area contributed by atoms with E-state index in [1.54, 1.807) is 0 Å². The van der Waals surface area contributed by atoms with Gasteiger partial charge in [-0.25, -0.2) is 0 Å². The van der Waals surface area contributed by atoms with Crippen LogP contribution in [0.25, 0.3) is 0 Å². The van der Waals surface area contributed by atoms with Crippen LogP contribution in [-0.4, -0.2) is 4.98 Å². The van der Waals surface area contributed by atoms with Crippen LogP contribution >= 0.6 is 12.4 Å². The Morgan fingerprint density at radius 1 is 1.18 bits per heavy atom. The SMILES string of the molecule is Cl.c1cnc2c(c1)CCCC2. The van der Waals surface area contributed by atoms with Crippen LogP contribution in [0.2, 0.25) is 0 Å². The fourth-order valence-electron chi connectivity index (χ4n) is 1.53. The number of halogens is 1. The summed E-state index contributed by atoms with van der Waals surface area (Å²) in [7, 11) is 0. The van der Waals surface area contributed by atoms with E-state index in [9.17, 15) is 0 Å². The van der Waals surface area contributed by atoms with E-state index in [1.807, 2.05) is 12.3 Å². The van der Waals surface area contributed by atoms with Gasteiger partial charge in [-0.1, -0.05) is 6.07 Å². The van der Waals surface area contributed by atoms with Crippen LogP contribution in [0.1, 0.15) is 24.1 Å². The van der Waals surface area contributed by atoms with Crippen molar-refractivity contribution in [3.05, 3.63) is 29.6 Å². The minimum absolute atomic E-state index is 0. The van der Waals surface area contributed by atoms with E-state index >= 15 is 0 Å². The van der Waals surface area contributed by atoms with Gasteiger partial charge in [-0.15, -0.1) is 12.4 Å². The summed E-state index contributed by atoms with van der Waals surface area (Å²) in [5, 5.41) is 0. The molecule has 2 heteroatoms. The lowest BCUT2D eigenvalue weighted by molar-refractivity contribution is 0.668. The highest BCUT2D eigenvalue weighted by Crippen LogP contribution is 2.17. The molecule has 1 aliphatic carbocycles. The van der Waals surface area contributed by atoms with Gasteiger partial charge in [0.2, 0.25) is 0 Å². The number of aryl methyl sites for hydroxylation is 2. The van der Waals surface area contributed by atoms with Gasteiger partial charge >= 0.3 is 0 Å². The first-order chi connectivity index (χ1) is 4.97. The maximum absolute atomic E-state index is 4.32. The molecule has 0 bridgehead atoms. The third-order valence-electron chi connectivity index (χ3n) is 2.09. The largest absolute Gasteiger partial charge is 0.261 e. The van der Waals surface area contributed by atoms with Crippen LogP contribution in [0.15, 0.2) is 18.3 Å². The zero-order valence-electron chi connectivity index (χ0n) is 6.42. The molecule has 0 aliphatic heterocycles. The molecule has 0 spiro atoms. The molecular formula is C9H12ClN. The molecular weight excluding hydrogens is 158 g/mol. The van der Waals surface area contributed by atoms with E-state index < -0.39 is 0 Å². The first-order valence-corrected chi connectivity index (χ1v) is 3.89. The van der Waals surface area contributed by atoms with Gasteiger partial charge in [0.25, 0.3) is 0 Å². The Kier molecular flexibility index (Phi) is 2.89. The van der Waals surface area contributed by atoms with Gasteiger partial charge in [0, 0.05) is 11.9 Å². The van der Waals surface area contributed by atoms with E-state index in [0.717, 1.165) is 0 Å². The molecule has 1 aromatic rings. The van der Waals surface area contributed by atoms with Crippen LogP contribution in [0.3, 0.4) is 0 Å². The molecule has 2 rings (SSSR count). The molecule has 0 N–H and O–H groups in total. The van der Waals surface area contributed by atoms with Crippen molar-refractivity contribution in [1.82, 2.24) is 4.98 Å². The lowest BCUT2D eigenvalue weighted by Gasteiger charge is -2.12. The smallest absolute Gasteiger partial charge is 0.0435 e. The summed E-state index contributed by atoms with van der Waals surface area (Å²) in [4.78, 5) is 4.32. The highest BCUT2D eigenvalue weighted by Gasteiger charge is 2.07. The molecule has 11 heavy (non-hydrogen) atoms. The Morgan fingerprint density at radius 3 is 2.82 bits per heavy atom. The molecule has 0 atom stereocenters. The average Bonchev–Trinajstić information content (AvgIpc) is 2.05. The van der Waals surface area contributed by atoms with Crippen molar-refractivity contribution >= 4 is 12.4 Å². The van der Waals surface area contributed by atoms with Gasteiger partial charge in [-0.3, -0.25) is 4.98 Å². The summed E-state index contributed by atoms with van der Waals surface area (Å²) in [6, 6.07) is 4.23. The van der Waals surface area contributed by atoms with Crippen LogP contribution in [0.5, 0.6) is 0 Å². The monoisotopic (exact) mass is 169 g/mol. The lowest BCUT2D eigenvalue weighted by Crippen LogP contribution is -2.03. The van der Waals surface area contributed by atoms with Crippen molar-refractivity contribution < 1.29 is 0 Å². The second kappa shape index (κ2) is 3.72. The molecule has 0 fully saturated rings. The lowest BCUT2D eigenvalue weighted by atomic mass is 9.96. The number of nitrogens with zero attached hydrogens (tertiary/aromatic N) is 1. The molecule has 0 saturated heterocycles. The molecule has 0 radical (unpaired) electrons. The van der Waals surface area contributed by atoms with E-state index in [-0.39, 0.29) is 12.4 Å². The molecule has 0 amide bonds. The van der Waals surface area contributed by atoms with Crippen molar-refractivity contribution in [1.29, 1.82) is 0 Å². The summed E-state index contributed by atoms with van der Waals surface area (Å²) in [6.45, 7) is 0. The van der Waals surface area contributed by atoms with E-state index in [1.165, 1.54) is 36.9 Å². The minimum atomic E-state index is 0. The van der Waals surface area contributed by atoms with Crippen LogP contribution in [-0.2, 0) is 12.8 Å². The molecule has 60 valence electrons. The van der Waals surface area contributed by atoms with E-state index in [4.69, 9.17) is 0 Å². The van der Waals surface area contributed by atoms with Gasteiger partial charge in [0.15, 0.2) is 0 Å². The van der Waals surface area contributed by atoms with Gasteiger partial charge in [0.1, 0.15) is 0 Å². The second-order valence-electron chi connectivity index (χ2n) is 2.82. The summed E-state index contributed by atoms with van der Waals surface area (Å²) in [6.07, 6.45) is 6.99. The third kappa shape index (κ3) is 1.72. The molecule has 0 aromatic carbocycles. The Hall–Kier alpha value is -0.560. The van der Waals surface area contributed by atoms with Crippen LogP contribution < -0.4 is 0 Å². The molecule has 0 unspecified atom stereocenters. The van der Waals surface area contributed by atoms with Gasteiger partial charge in [-0.05, 0) is 37.3 Å². The number of rotatable bonds is 0. The summed E-state index contributed by atoms with van der Waals surface area (Å²) >= 11 is 0. The molecule has 1 nitrogen and oxygen atoms in total. The minimum Gasteiger partial charge on any atom is -0.261 e. The highest BCUT2D eigenvalue weighted by molar-refractivity contribution is 5.85. The Bertz CT molecular complexity index is 210. The zero-order valence-corrected chi connectivity index (χ0v) is 7.23. The second-order valence-corrected chi connectivity index (χ2v) is 2.82. The van der Waals surface area contributed by atoms with Crippen LogP contribution in [0.4, 0.5) is 0 Å². The first kappa shape index (κ1) is 8.54. The quantitative estimate of drug-likeness (QED) is 0.581. The number of pyridine rings is 1. The van der Waals surface area contributed by atoms with Crippen molar-refractivity contribution in [2.45, 2.75) is 25.7 Å². The topological polar surface area (TPSA) is 12.9 Å². The van der Waals surface area contributed by atoms with Crippen LogP contribution in [0, 0.1) is 0 Å². The predicted molar refractivity (Wildman–Crippen MR) is 48.1 cm³/mol. The Balaban J connectivity index is 0.000000605. The summed E-state index contributed by atoms with van der Waals surface area (Å²) in [5.41, 5.74) is 2.79. The molecule has 0 saturated carbocycles. The third-order valence-corrected chi connectivity index (χ3v) is 2.09. The fraction of sp³-hybridized carbons (Fsp3) is 0.444. The van der Waals surface area contributed by atoms with E-state index in [0.29, 0.717) is 0 Å². The van der Waals surface area contributed by atoms with Crippen molar-refractivity contribution in [3.63, 3.8) is 0 Å². The van der Waals surface area contributed by atoms with Crippen molar-refractivity contribution in [3.8, 4) is 0 Å². The number of fused-ring (bicyclic) bond motifs is 1. The predicted octanol–water partition coefficient (Wildman–Crippen LogP) is 2.38. The molecule has 1 aromatic heterocycles. The molecule has 1 aliphatic rings. The fourth-order valence-corrected chi connectivity index (χ4v) is 1.53. The maximum atomic E-state index is 4.32.